The quantitative estimate of drug-likeness (QED) is 0.483. The molecule has 31 heavy (non-hydrogen) atoms. The fraction of sp³-hybridized carbons (Fsp3) is 0.0952. The lowest BCUT2D eigenvalue weighted by atomic mass is 10.1. The van der Waals surface area contributed by atoms with Crippen LogP contribution < -0.4 is 10.1 Å². The number of ether oxygens (including phenoxy) is 1. The van der Waals surface area contributed by atoms with E-state index in [9.17, 15) is 14.4 Å². The summed E-state index contributed by atoms with van der Waals surface area (Å²) in [6.45, 7) is 3.21. The standard InChI is InChI=1S/C21H16FN7O2/c1-3-20(30)27-19-5-14(17(22)9-24-19)12-31-18-4-13(16-8-25-28(2)10-16)11-29-21(18)15(6-23)7-26-29/h3-5,7-11H,1,12H2,2H3,(H,24,27,30). The fourth-order valence-corrected chi connectivity index (χ4v) is 3.00. The van der Waals surface area contributed by atoms with E-state index in [1.807, 2.05) is 6.20 Å². The lowest BCUT2D eigenvalue weighted by molar-refractivity contribution is -0.111. The van der Waals surface area contributed by atoms with Crippen LogP contribution >= 0.6 is 0 Å². The van der Waals surface area contributed by atoms with Crippen molar-refractivity contribution in [3.63, 3.8) is 0 Å². The van der Waals surface area contributed by atoms with E-state index >= 15 is 0 Å². The summed E-state index contributed by atoms with van der Waals surface area (Å²) in [6.07, 6.45) is 8.80. The van der Waals surface area contributed by atoms with E-state index in [1.165, 1.54) is 16.8 Å². The van der Waals surface area contributed by atoms with Gasteiger partial charge in [0.1, 0.15) is 41.1 Å². The Balaban J connectivity index is 1.70. The number of rotatable bonds is 6. The lowest BCUT2D eigenvalue weighted by Crippen LogP contribution is -2.10. The van der Waals surface area contributed by atoms with Crippen molar-refractivity contribution in [2.75, 3.05) is 5.32 Å². The summed E-state index contributed by atoms with van der Waals surface area (Å²) in [5, 5.41) is 20.3. The normalized spacial score (nSPS) is 10.6. The molecule has 0 atom stereocenters. The summed E-state index contributed by atoms with van der Waals surface area (Å²) in [4.78, 5) is 15.3. The van der Waals surface area contributed by atoms with Gasteiger partial charge in [-0.15, -0.1) is 0 Å². The van der Waals surface area contributed by atoms with Crippen molar-refractivity contribution in [1.82, 2.24) is 24.4 Å². The van der Waals surface area contributed by atoms with Crippen molar-refractivity contribution >= 4 is 17.2 Å². The minimum Gasteiger partial charge on any atom is -0.486 e. The molecule has 10 heteroatoms. The molecule has 4 heterocycles. The molecule has 1 amide bonds. The van der Waals surface area contributed by atoms with Crippen molar-refractivity contribution in [2.45, 2.75) is 6.61 Å². The van der Waals surface area contributed by atoms with Gasteiger partial charge in [0, 0.05) is 36.1 Å². The number of nitrogens with zero attached hydrogens (tertiary/aromatic N) is 6. The second kappa shape index (κ2) is 8.08. The van der Waals surface area contributed by atoms with Crippen molar-refractivity contribution < 1.29 is 13.9 Å². The molecule has 154 valence electrons. The van der Waals surface area contributed by atoms with Gasteiger partial charge in [0.05, 0.1) is 18.6 Å². The summed E-state index contributed by atoms with van der Waals surface area (Å²) >= 11 is 0. The number of aryl methyl sites for hydroxylation is 1. The van der Waals surface area contributed by atoms with E-state index in [0.717, 1.165) is 23.4 Å². The number of carbonyl (C=O) groups is 1. The summed E-state index contributed by atoms with van der Waals surface area (Å²) in [7, 11) is 1.80. The highest BCUT2D eigenvalue weighted by Crippen LogP contribution is 2.30. The van der Waals surface area contributed by atoms with E-state index in [4.69, 9.17) is 4.74 Å². The van der Waals surface area contributed by atoms with E-state index in [1.54, 1.807) is 30.2 Å². The van der Waals surface area contributed by atoms with Crippen LogP contribution in [0.25, 0.3) is 16.6 Å². The van der Waals surface area contributed by atoms with E-state index in [2.05, 4.69) is 33.1 Å². The van der Waals surface area contributed by atoms with Crippen LogP contribution in [0.5, 0.6) is 5.75 Å². The number of aromatic nitrogens is 5. The molecule has 1 N–H and O–H groups in total. The van der Waals surface area contributed by atoms with Gasteiger partial charge in [-0.05, 0) is 18.2 Å². The maximum Gasteiger partial charge on any atom is 0.248 e. The third-order valence-electron chi connectivity index (χ3n) is 4.49. The first kappa shape index (κ1) is 19.8. The number of fused-ring (bicyclic) bond motifs is 1. The molecule has 9 nitrogen and oxygen atoms in total. The highest BCUT2D eigenvalue weighted by Gasteiger charge is 2.15. The Bertz CT molecular complexity index is 1350. The smallest absolute Gasteiger partial charge is 0.248 e. The van der Waals surface area contributed by atoms with Crippen LogP contribution in [0.2, 0.25) is 0 Å². The van der Waals surface area contributed by atoms with Gasteiger partial charge in [0.25, 0.3) is 0 Å². The lowest BCUT2D eigenvalue weighted by Gasteiger charge is -2.12. The Morgan fingerprint density at radius 1 is 1.29 bits per heavy atom. The average Bonchev–Trinajstić information content (AvgIpc) is 3.39. The summed E-state index contributed by atoms with van der Waals surface area (Å²) in [5.41, 5.74) is 2.55. The Labute approximate surface area is 176 Å². The zero-order chi connectivity index (χ0) is 22.0. The summed E-state index contributed by atoms with van der Waals surface area (Å²) < 4.78 is 23.4. The molecule has 0 aliphatic carbocycles. The molecule has 0 spiro atoms. The van der Waals surface area contributed by atoms with Gasteiger partial charge in [-0.2, -0.15) is 15.5 Å². The van der Waals surface area contributed by atoms with Crippen LogP contribution in [-0.4, -0.2) is 30.3 Å². The predicted octanol–water partition coefficient (Wildman–Crippen LogP) is 2.84. The van der Waals surface area contributed by atoms with Crippen molar-refractivity contribution in [1.29, 1.82) is 5.26 Å². The fourth-order valence-electron chi connectivity index (χ4n) is 3.00. The van der Waals surface area contributed by atoms with Crippen molar-refractivity contribution in [2.24, 2.45) is 7.05 Å². The molecule has 0 saturated heterocycles. The monoisotopic (exact) mass is 417 g/mol. The number of anilines is 1. The molecule has 0 aliphatic rings. The Morgan fingerprint density at radius 2 is 2.13 bits per heavy atom. The number of hydrogen-bond acceptors (Lipinski definition) is 6. The molecule has 4 rings (SSSR count). The van der Waals surface area contributed by atoms with Gasteiger partial charge < -0.3 is 10.1 Å². The number of nitrogens with one attached hydrogen (secondary N) is 1. The zero-order valence-electron chi connectivity index (χ0n) is 16.4. The van der Waals surface area contributed by atoms with E-state index in [0.29, 0.717) is 16.8 Å². The maximum atomic E-state index is 14.3. The maximum absolute atomic E-state index is 14.3. The van der Waals surface area contributed by atoms with E-state index < -0.39 is 11.7 Å². The molecule has 4 aromatic heterocycles. The molecule has 0 bridgehead atoms. The Hall–Kier alpha value is -4.52. The number of hydrogen-bond donors (Lipinski definition) is 1. The molecule has 0 radical (unpaired) electrons. The van der Waals surface area contributed by atoms with Gasteiger partial charge in [0.2, 0.25) is 5.91 Å². The summed E-state index contributed by atoms with van der Waals surface area (Å²) in [6, 6.07) is 5.20. The van der Waals surface area contributed by atoms with Crippen LogP contribution in [0.4, 0.5) is 10.2 Å². The Kier molecular flexibility index (Phi) is 5.15. The van der Waals surface area contributed by atoms with Crippen LogP contribution in [-0.2, 0) is 18.4 Å². The van der Waals surface area contributed by atoms with Crippen molar-refractivity contribution in [3.8, 4) is 22.9 Å². The molecular weight excluding hydrogens is 401 g/mol. The van der Waals surface area contributed by atoms with E-state index in [-0.39, 0.29) is 18.0 Å². The largest absolute Gasteiger partial charge is 0.486 e. The first-order chi connectivity index (χ1) is 15.0. The zero-order valence-corrected chi connectivity index (χ0v) is 16.4. The topological polar surface area (TPSA) is 110 Å². The second-order valence-electron chi connectivity index (χ2n) is 6.60. The van der Waals surface area contributed by atoms with Crippen LogP contribution in [0.1, 0.15) is 11.1 Å². The van der Waals surface area contributed by atoms with Crippen molar-refractivity contribution in [3.05, 3.63) is 72.7 Å². The number of carbonyl (C=O) groups excluding carboxylic acids is 1. The highest BCUT2D eigenvalue weighted by atomic mass is 19.1. The molecule has 0 saturated carbocycles. The third-order valence-corrected chi connectivity index (χ3v) is 4.49. The average molecular weight is 417 g/mol. The molecule has 0 aromatic carbocycles. The van der Waals surface area contributed by atoms with Gasteiger partial charge in [-0.1, -0.05) is 6.58 Å². The number of pyridine rings is 2. The van der Waals surface area contributed by atoms with Gasteiger partial charge in [0.15, 0.2) is 0 Å². The number of amides is 1. The molecule has 4 aromatic rings. The molecule has 0 aliphatic heterocycles. The minimum atomic E-state index is -0.593. The summed E-state index contributed by atoms with van der Waals surface area (Å²) in [5.74, 6) is -0.538. The minimum absolute atomic E-state index is 0.159. The Morgan fingerprint density at radius 3 is 2.84 bits per heavy atom. The molecule has 0 unspecified atom stereocenters. The number of halogens is 1. The first-order valence-corrected chi connectivity index (χ1v) is 9.09. The molecule has 0 fully saturated rings. The second-order valence-corrected chi connectivity index (χ2v) is 6.60. The van der Waals surface area contributed by atoms with Gasteiger partial charge >= 0.3 is 0 Å². The van der Waals surface area contributed by atoms with Crippen LogP contribution in [0.3, 0.4) is 0 Å². The van der Waals surface area contributed by atoms with Gasteiger partial charge in [-0.3, -0.25) is 9.48 Å². The predicted molar refractivity (Wildman–Crippen MR) is 109 cm³/mol. The number of nitriles is 1. The SMILES string of the molecule is C=CC(=O)Nc1cc(COc2cc(-c3cnn(C)c3)cn3ncc(C#N)c23)c(F)cn1. The van der Waals surface area contributed by atoms with Gasteiger partial charge in [-0.25, -0.2) is 13.9 Å². The highest BCUT2D eigenvalue weighted by molar-refractivity contribution is 5.98. The third kappa shape index (κ3) is 3.97. The first-order valence-electron chi connectivity index (χ1n) is 9.09. The van der Waals surface area contributed by atoms with Crippen LogP contribution in [0.15, 0.2) is 55.8 Å². The molecular formula is C21H16FN7O2. The van der Waals surface area contributed by atoms with Crippen LogP contribution in [0, 0.1) is 17.1 Å².